The lowest BCUT2D eigenvalue weighted by atomic mass is 10.1. The molecule has 3 rings (SSSR count). The highest BCUT2D eigenvalue weighted by atomic mass is 16.2. The van der Waals surface area contributed by atoms with Crippen LogP contribution in [0.2, 0.25) is 0 Å². The summed E-state index contributed by atoms with van der Waals surface area (Å²) < 4.78 is 1.99. The molecule has 5 nitrogen and oxygen atoms in total. The van der Waals surface area contributed by atoms with Gasteiger partial charge in [0.05, 0.1) is 5.69 Å². The lowest BCUT2D eigenvalue weighted by molar-refractivity contribution is 0.252. The Morgan fingerprint density at radius 3 is 2.95 bits per heavy atom. The number of aromatic nitrogens is 2. The van der Waals surface area contributed by atoms with E-state index < -0.39 is 0 Å². The van der Waals surface area contributed by atoms with E-state index in [0.717, 1.165) is 22.6 Å². The summed E-state index contributed by atoms with van der Waals surface area (Å²) in [5.74, 6) is 0. The van der Waals surface area contributed by atoms with Crippen LogP contribution >= 0.6 is 0 Å². The molecule has 0 saturated carbocycles. The molecule has 0 unspecified atom stereocenters. The molecule has 0 atom stereocenters. The molecule has 2 N–H and O–H groups in total. The van der Waals surface area contributed by atoms with Gasteiger partial charge in [-0.25, -0.2) is 9.78 Å². The van der Waals surface area contributed by atoms with E-state index in [-0.39, 0.29) is 6.03 Å². The molecule has 22 heavy (non-hydrogen) atoms. The van der Waals surface area contributed by atoms with Crippen molar-refractivity contribution in [2.45, 2.75) is 13.8 Å². The molecule has 2 amide bonds. The van der Waals surface area contributed by atoms with Gasteiger partial charge in [-0.05, 0) is 43.7 Å². The molecule has 0 fully saturated rings. The summed E-state index contributed by atoms with van der Waals surface area (Å²) in [6.07, 6.45) is 3.98. The number of benzene rings is 1. The lowest BCUT2D eigenvalue weighted by Crippen LogP contribution is -2.28. The van der Waals surface area contributed by atoms with Gasteiger partial charge in [0.25, 0.3) is 0 Å². The normalized spacial score (nSPS) is 10.6. The highest BCUT2D eigenvalue weighted by Crippen LogP contribution is 2.22. The number of anilines is 1. The maximum Gasteiger partial charge on any atom is 0.319 e. The van der Waals surface area contributed by atoms with Crippen LogP contribution in [0.1, 0.15) is 12.5 Å². The average Bonchev–Trinajstić information content (AvgIpc) is 2.90. The number of urea groups is 1. The summed E-state index contributed by atoms with van der Waals surface area (Å²) in [6, 6.07) is 11.6. The summed E-state index contributed by atoms with van der Waals surface area (Å²) in [4.78, 5) is 16.2. The van der Waals surface area contributed by atoms with Gasteiger partial charge in [0, 0.05) is 30.2 Å². The van der Waals surface area contributed by atoms with Gasteiger partial charge in [-0.15, -0.1) is 0 Å². The number of aryl methyl sites for hydroxylation is 1. The van der Waals surface area contributed by atoms with E-state index in [4.69, 9.17) is 0 Å². The van der Waals surface area contributed by atoms with Gasteiger partial charge in [-0.2, -0.15) is 0 Å². The van der Waals surface area contributed by atoms with Crippen molar-refractivity contribution in [3.8, 4) is 11.3 Å². The van der Waals surface area contributed by atoms with Crippen LogP contribution in [-0.4, -0.2) is 22.0 Å². The molecule has 0 saturated heterocycles. The minimum Gasteiger partial charge on any atom is -0.338 e. The number of imidazole rings is 1. The van der Waals surface area contributed by atoms with E-state index >= 15 is 0 Å². The Morgan fingerprint density at radius 1 is 1.27 bits per heavy atom. The van der Waals surface area contributed by atoms with Crippen molar-refractivity contribution in [1.82, 2.24) is 14.7 Å². The zero-order valence-electron chi connectivity index (χ0n) is 12.6. The molecule has 2 aromatic heterocycles. The Balaban J connectivity index is 1.91. The average molecular weight is 294 g/mol. The number of carbonyl (C=O) groups is 1. The van der Waals surface area contributed by atoms with Crippen molar-refractivity contribution in [2.24, 2.45) is 0 Å². The first-order valence-electron chi connectivity index (χ1n) is 7.26. The number of hydrogen-bond donors (Lipinski definition) is 2. The zero-order chi connectivity index (χ0) is 15.5. The van der Waals surface area contributed by atoms with Crippen LogP contribution in [0.4, 0.5) is 10.5 Å². The van der Waals surface area contributed by atoms with E-state index in [0.29, 0.717) is 6.54 Å². The maximum atomic E-state index is 11.6. The van der Waals surface area contributed by atoms with E-state index in [9.17, 15) is 4.79 Å². The largest absolute Gasteiger partial charge is 0.338 e. The molecule has 3 aromatic rings. The molecular weight excluding hydrogens is 276 g/mol. The van der Waals surface area contributed by atoms with Gasteiger partial charge in [-0.3, -0.25) is 0 Å². The number of pyridine rings is 1. The van der Waals surface area contributed by atoms with Gasteiger partial charge in [0.1, 0.15) is 5.65 Å². The Bertz CT molecular complexity index is 822. The van der Waals surface area contributed by atoms with Gasteiger partial charge >= 0.3 is 6.03 Å². The second kappa shape index (κ2) is 5.89. The lowest BCUT2D eigenvalue weighted by Gasteiger charge is -2.06. The van der Waals surface area contributed by atoms with E-state index in [1.807, 2.05) is 67.0 Å². The molecule has 0 aliphatic rings. The first-order chi connectivity index (χ1) is 10.7. The summed E-state index contributed by atoms with van der Waals surface area (Å²) in [5, 5.41) is 5.52. The van der Waals surface area contributed by atoms with Crippen LogP contribution < -0.4 is 10.6 Å². The fraction of sp³-hybridized carbons (Fsp3) is 0.176. The standard InChI is InChI=1S/C17H18N4O/c1-3-18-17(22)19-14-6-4-5-13(10-14)15-11-21-8-7-12(2)9-16(21)20-15/h4-11H,3H2,1-2H3,(H2,18,19,22). The zero-order valence-corrected chi connectivity index (χ0v) is 12.6. The van der Waals surface area contributed by atoms with Crippen LogP contribution in [0.15, 0.2) is 48.8 Å². The van der Waals surface area contributed by atoms with Crippen molar-refractivity contribution < 1.29 is 4.79 Å². The third kappa shape index (κ3) is 2.93. The van der Waals surface area contributed by atoms with Crippen molar-refractivity contribution >= 4 is 17.4 Å². The second-order valence-electron chi connectivity index (χ2n) is 5.16. The predicted molar refractivity (Wildman–Crippen MR) is 88.1 cm³/mol. The first-order valence-corrected chi connectivity index (χ1v) is 7.26. The molecule has 1 aromatic carbocycles. The summed E-state index contributed by atoms with van der Waals surface area (Å²) in [5.41, 5.74) is 4.69. The quantitative estimate of drug-likeness (QED) is 0.777. The molecule has 0 radical (unpaired) electrons. The van der Waals surface area contributed by atoms with Gasteiger partial charge in [0.2, 0.25) is 0 Å². The molecular formula is C17H18N4O. The third-order valence-corrected chi connectivity index (χ3v) is 3.37. The highest BCUT2D eigenvalue weighted by Gasteiger charge is 2.06. The second-order valence-corrected chi connectivity index (χ2v) is 5.16. The highest BCUT2D eigenvalue weighted by molar-refractivity contribution is 5.90. The smallest absolute Gasteiger partial charge is 0.319 e. The number of nitrogens with one attached hydrogen (secondary N) is 2. The molecule has 0 spiro atoms. The fourth-order valence-electron chi connectivity index (χ4n) is 2.31. The number of rotatable bonds is 3. The summed E-state index contributed by atoms with van der Waals surface area (Å²) in [6.45, 7) is 4.53. The SMILES string of the molecule is CCNC(=O)Nc1cccc(-c2cn3ccc(C)cc3n2)c1. The summed E-state index contributed by atoms with van der Waals surface area (Å²) in [7, 11) is 0. The monoisotopic (exact) mass is 294 g/mol. The van der Waals surface area contributed by atoms with E-state index in [2.05, 4.69) is 15.6 Å². The van der Waals surface area contributed by atoms with Gasteiger partial charge < -0.3 is 15.0 Å². The Labute approximate surface area is 129 Å². The molecule has 0 aliphatic carbocycles. The number of hydrogen-bond acceptors (Lipinski definition) is 2. The van der Waals surface area contributed by atoms with Crippen molar-refractivity contribution in [1.29, 1.82) is 0 Å². The number of nitrogens with zero attached hydrogens (tertiary/aromatic N) is 2. The van der Waals surface area contributed by atoms with Crippen molar-refractivity contribution in [3.05, 3.63) is 54.4 Å². The predicted octanol–water partition coefficient (Wildman–Crippen LogP) is 3.45. The number of fused-ring (bicyclic) bond motifs is 1. The van der Waals surface area contributed by atoms with Crippen molar-refractivity contribution in [2.75, 3.05) is 11.9 Å². The minimum absolute atomic E-state index is 0.203. The van der Waals surface area contributed by atoms with E-state index in [1.165, 1.54) is 5.56 Å². The van der Waals surface area contributed by atoms with E-state index in [1.54, 1.807) is 0 Å². The first kappa shape index (κ1) is 14.1. The Kier molecular flexibility index (Phi) is 3.78. The Hall–Kier alpha value is -2.82. The van der Waals surface area contributed by atoms with Crippen LogP contribution in [-0.2, 0) is 0 Å². The molecule has 2 heterocycles. The molecule has 0 bridgehead atoms. The molecule has 5 heteroatoms. The Morgan fingerprint density at radius 2 is 2.14 bits per heavy atom. The van der Waals surface area contributed by atoms with Gasteiger partial charge in [-0.1, -0.05) is 12.1 Å². The minimum atomic E-state index is -0.203. The topological polar surface area (TPSA) is 58.4 Å². The fourth-order valence-corrected chi connectivity index (χ4v) is 2.31. The van der Waals surface area contributed by atoms with Crippen LogP contribution in [0, 0.1) is 6.92 Å². The van der Waals surface area contributed by atoms with Crippen LogP contribution in [0.5, 0.6) is 0 Å². The van der Waals surface area contributed by atoms with Gasteiger partial charge in [0.15, 0.2) is 0 Å². The third-order valence-electron chi connectivity index (χ3n) is 3.37. The number of carbonyl (C=O) groups excluding carboxylic acids is 1. The number of amides is 2. The van der Waals surface area contributed by atoms with Crippen molar-refractivity contribution in [3.63, 3.8) is 0 Å². The van der Waals surface area contributed by atoms with Crippen LogP contribution in [0.3, 0.4) is 0 Å². The molecule has 0 aliphatic heterocycles. The summed E-state index contributed by atoms with van der Waals surface area (Å²) >= 11 is 0. The van der Waals surface area contributed by atoms with Crippen LogP contribution in [0.25, 0.3) is 16.9 Å². The molecule has 112 valence electrons. The maximum absolute atomic E-state index is 11.6.